The Morgan fingerprint density at radius 1 is 1.29 bits per heavy atom. The van der Waals surface area contributed by atoms with Gasteiger partial charge < -0.3 is 5.32 Å². The summed E-state index contributed by atoms with van der Waals surface area (Å²) < 4.78 is 22.6. The van der Waals surface area contributed by atoms with E-state index in [0.717, 1.165) is 25.9 Å². The summed E-state index contributed by atoms with van der Waals surface area (Å²) in [4.78, 5) is 2.25. The molecule has 2 saturated heterocycles. The number of likely N-dealkylation sites (N-methyl/N-ethyl adjacent to an activating group) is 1. The zero-order valence-corrected chi connectivity index (χ0v) is 9.39. The molecule has 0 saturated carbocycles. The number of hydrogen-bond acceptors (Lipinski definition) is 4. The highest BCUT2D eigenvalue weighted by atomic mass is 32.2. The monoisotopic (exact) mass is 218 g/mol. The summed E-state index contributed by atoms with van der Waals surface area (Å²) >= 11 is 0. The fraction of sp³-hybridized carbons (Fsp3) is 1.00. The minimum absolute atomic E-state index is 0.255. The van der Waals surface area contributed by atoms with Gasteiger partial charge in [0.25, 0.3) is 0 Å². The molecule has 0 radical (unpaired) electrons. The molecule has 0 aromatic heterocycles. The zero-order valence-electron chi connectivity index (χ0n) is 8.57. The van der Waals surface area contributed by atoms with Crippen LogP contribution in [0.3, 0.4) is 0 Å². The Balaban J connectivity index is 1.95. The van der Waals surface area contributed by atoms with Crippen LogP contribution in [0, 0.1) is 0 Å². The number of hydrogen-bond donors (Lipinski definition) is 1. The van der Waals surface area contributed by atoms with Gasteiger partial charge in [-0.3, -0.25) is 4.90 Å². The highest BCUT2D eigenvalue weighted by Gasteiger charge is 2.34. The fourth-order valence-corrected chi connectivity index (χ4v) is 4.17. The van der Waals surface area contributed by atoms with Gasteiger partial charge in [0.1, 0.15) is 0 Å². The van der Waals surface area contributed by atoms with E-state index in [4.69, 9.17) is 0 Å². The summed E-state index contributed by atoms with van der Waals surface area (Å²) in [6, 6.07) is 0.790. The van der Waals surface area contributed by atoms with Crippen LogP contribution in [0.4, 0.5) is 0 Å². The zero-order chi connectivity index (χ0) is 10.2. The van der Waals surface area contributed by atoms with Gasteiger partial charge in [-0.1, -0.05) is 0 Å². The molecular formula is C9H18N2O2S. The van der Waals surface area contributed by atoms with Crippen molar-refractivity contribution in [3.63, 3.8) is 0 Å². The molecule has 0 amide bonds. The van der Waals surface area contributed by atoms with Gasteiger partial charge in [-0.05, 0) is 26.4 Å². The molecule has 2 rings (SSSR count). The van der Waals surface area contributed by atoms with Gasteiger partial charge in [-0.2, -0.15) is 0 Å². The van der Waals surface area contributed by atoms with Crippen molar-refractivity contribution in [3.8, 4) is 0 Å². The van der Waals surface area contributed by atoms with Crippen molar-refractivity contribution in [1.29, 1.82) is 0 Å². The number of rotatable bonds is 2. The Bertz CT molecular complexity index is 296. The molecule has 2 heterocycles. The first-order chi connectivity index (χ1) is 6.58. The van der Waals surface area contributed by atoms with E-state index in [1.54, 1.807) is 0 Å². The van der Waals surface area contributed by atoms with Crippen LogP contribution in [0.25, 0.3) is 0 Å². The Morgan fingerprint density at radius 2 is 2.07 bits per heavy atom. The van der Waals surface area contributed by atoms with Gasteiger partial charge >= 0.3 is 0 Å². The van der Waals surface area contributed by atoms with Gasteiger partial charge in [0.15, 0.2) is 9.84 Å². The first-order valence-corrected chi connectivity index (χ1v) is 7.04. The molecule has 0 bridgehead atoms. The molecule has 2 aliphatic rings. The molecule has 2 fully saturated rings. The van der Waals surface area contributed by atoms with Crippen molar-refractivity contribution in [2.24, 2.45) is 0 Å². The van der Waals surface area contributed by atoms with Crippen molar-refractivity contribution >= 4 is 9.84 Å². The molecule has 82 valence electrons. The molecule has 0 aromatic rings. The van der Waals surface area contributed by atoms with E-state index < -0.39 is 9.84 Å². The fourth-order valence-electron chi connectivity index (χ4n) is 2.38. The maximum absolute atomic E-state index is 11.3. The lowest BCUT2D eigenvalue weighted by atomic mass is 10.1. The first kappa shape index (κ1) is 10.4. The molecular weight excluding hydrogens is 200 g/mol. The van der Waals surface area contributed by atoms with Crippen LogP contribution in [-0.4, -0.2) is 57.0 Å². The smallest absolute Gasteiger partial charge is 0.151 e. The van der Waals surface area contributed by atoms with Crippen LogP contribution in [0.1, 0.15) is 12.8 Å². The first-order valence-electron chi connectivity index (χ1n) is 5.21. The van der Waals surface area contributed by atoms with E-state index in [-0.39, 0.29) is 6.04 Å². The third kappa shape index (κ3) is 2.10. The topological polar surface area (TPSA) is 49.4 Å². The van der Waals surface area contributed by atoms with Crippen molar-refractivity contribution in [2.45, 2.75) is 24.9 Å². The highest BCUT2D eigenvalue weighted by molar-refractivity contribution is 7.91. The molecule has 4 nitrogen and oxygen atoms in total. The SMILES string of the molecule is CN(C1CCNC1)C1CCS(=O)(=O)C1. The number of sulfone groups is 1. The van der Waals surface area contributed by atoms with E-state index in [9.17, 15) is 8.42 Å². The predicted molar refractivity (Wildman–Crippen MR) is 56.1 cm³/mol. The lowest BCUT2D eigenvalue weighted by molar-refractivity contribution is 0.199. The third-order valence-corrected chi connectivity index (χ3v) is 5.14. The van der Waals surface area contributed by atoms with Crippen LogP contribution >= 0.6 is 0 Å². The second kappa shape index (κ2) is 3.79. The van der Waals surface area contributed by atoms with Gasteiger partial charge in [0.2, 0.25) is 0 Å². The Hall–Kier alpha value is -0.130. The lowest BCUT2D eigenvalue weighted by Gasteiger charge is -2.28. The van der Waals surface area contributed by atoms with Crippen molar-refractivity contribution in [3.05, 3.63) is 0 Å². The van der Waals surface area contributed by atoms with E-state index >= 15 is 0 Å². The quantitative estimate of drug-likeness (QED) is 0.677. The molecule has 2 unspecified atom stereocenters. The summed E-state index contributed by atoms with van der Waals surface area (Å²) in [7, 11) is -0.673. The molecule has 14 heavy (non-hydrogen) atoms. The summed E-state index contributed by atoms with van der Waals surface area (Å²) in [5, 5.41) is 3.31. The van der Waals surface area contributed by atoms with Crippen LogP contribution in [0.5, 0.6) is 0 Å². The molecule has 0 aliphatic carbocycles. The summed E-state index contributed by atoms with van der Waals surface area (Å²) in [5.74, 6) is 0.738. The molecule has 5 heteroatoms. The van der Waals surface area contributed by atoms with Crippen LogP contribution in [0.2, 0.25) is 0 Å². The molecule has 1 N–H and O–H groups in total. The van der Waals surface area contributed by atoms with Crippen molar-refractivity contribution < 1.29 is 8.42 Å². The van der Waals surface area contributed by atoms with E-state index in [1.165, 1.54) is 0 Å². The van der Waals surface area contributed by atoms with E-state index in [2.05, 4.69) is 17.3 Å². The average Bonchev–Trinajstić information content (AvgIpc) is 2.72. The van der Waals surface area contributed by atoms with E-state index in [0.29, 0.717) is 17.5 Å². The third-order valence-electron chi connectivity index (χ3n) is 3.39. The maximum Gasteiger partial charge on any atom is 0.151 e. The average molecular weight is 218 g/mol. The van der Waals surface area contributed by atoms with Gasteiger partial charge in [-0.25, -0.2) is 8.42 Å². The molecule has 0 aromatic carbocycles. The lowest BCUT2D eigenvalue weighted by Crippen LogP contribution is -2.42. The normalized spacial score (nSPS) is 36.7. The number of nitrogens with one attached hydrogen (secondary N) is 1. The molecule has 2 aliphatic heterocycles. The standard InChI is InChI=1S/C9H18N2O2S/c1-11(8-2-4-10-6-8)9-3-5-14(12,13)7-9/h8-10H,2-7H2,1H3. The Labute approximate surface area is 85.6 Å². The Morgan fingerprint density at radius 3 is 2.57 bits per heavy atom. The summed E-state index contributed by atoms with van der Waals surface area (Å²) in [6.07, 6.45) is 1.96. The van der Waals surface area contributed by atoms with Crippen molar-refractivity contribution in [2.75, 3.05) is 31.6 Å². The van der Waals surface area contributed by atoms with Crippen LogP contribution in [0.15, 0.2) is 0 Å². The highest BCUT2D eigenvalue weighted by Crippen LogP contribution is 2.20. The number of nitrogens with zero attached hydrogens (tertiary/aromatic N) is 1. The largest absolute Gasteiger partial charge is 0.315 e. The van der Waals surface area contributed by atoms with Crippen LogP contribution < -0.4 is 5.32 Å². The minimum atomic E-state index is -2.73. The van der Waals surface area contributed by atoms with Gasteiger partial charge in [0.05, 0.1) is 11.5 Å². The maximum atomic E-state index is 11.3. The summed E-state index contributed by atoms with van der Waals surface area (Å²) in [5.41, 5.74) is 0. The van der Waals surface area contributed by atoms with Gasteiger partial charge in [-0.15, -0.1) is 0 Å². The Kier molecular flexibility index (Phi) is 2.81. The molecule has 2 atom stereocenters. The second-order valence-electron chi connectivity index (χ2n) is 4.37. The second-order valence-corrected chi connectivity index (χ2v) is 6.60. The van der Waals surface area contributed by atoms with Crippen LogP contribution in [-0.2, 0) is 9.84 Å². The van der Waals surface area contributed by atoms with Gasteiger partial charge in [0, 0.05) is 18.6 Å². The summed E-state index contributed by atoms with van der Waals surface area (Å²) in [6.45, 7) is 2.07. The van der Waals surface area contributed by atoms with E-state index in [1.807, 2.05) is 0 Å². The predicted octanol–water partition coefficient (Wildman–Crippen LogP) is -0.533. The minimum Gasteiger partial charge on any atom is -0.315 e. The molecule has 0 spiro atoms. The van der Waals surface area contributed by atoms with Crippen molar-refractivity contribution in [1.82, 2.24) is 10.2 Å².